The number of hydrogen-bond donors (Lipinski definition) is 1. The van der Waals surface area contributed by atoms with Crippen molar-refractivity contribution in [2.75, 3.05) is 26.2 Å². The molecule has 1 amide bonds. The molecule has 2 aliphatic heterocycles. The molecule has 2 aromatic rings. The fraction of sp³-hybridized carbons (Fsp3) is 0.462. The van der Waals surface area contributed by atoms with Crippen LogP contribution < -0.4 is 10.1 Å². The topological polar surface area (TPSA) is 57.2 Å². The number of hydrogen-bond acceptors (Lipinski definition) is 3. The first kappa shape index (κ1) is 22.2. The molecule has 0 unspecified atom stereocenters. The molecule has 0 aromatic heterocycles. The molecule has 32 heavy (non-hydrogen) atoms. The van der Waals surface area contributed by atoms with Crippen molar-refractivity contribution in [1.29, 1.82) is 0 Å². The number of benzene rings is 2. The molecule has 6 heteroatoms. The Balaban J connectivity index is 1.33. The van der Waals surface area contributed by atoms with E-state index in [1.165, 1.54) is 11.1 Å². The van der Waals surface area contributed by atoms with Gasteiger partial charge < -0.3 is 19.9 Å². The van der Waals surface area contributed by atoms with Gasteiger partial charge in [0.15, 0.2) is 5.96 Å². The summed E-state index contributed by atoms with van der Waals surface area (Å²) in [6.45, 7) is 7.01. The maximum absolute atomic E-state index is 11.9. The Bertz CT molecular complexity index is 907. The smallest absolute Gasteiger partial charge is 0.222 e. The molecule has 4 rings (SSSR count). The minimum atomic E-state index is 0.251. The summed E-state index contributed by atoms with van der Waals surface area (Å²) in [5.41, 5.74) is 2.35. The number of nitrogens with one attached hydrogen (secondary N) is 1. The first-order valence-electron chi connectivity index (χ1n) is 11.8. The van der Waals surface area contributed by atoms with Crippen LogP contribution in [0.5, 0.6) is 5.75 Å². The van der Waals surface area contributed by atoms with Crippen molar-refractivity contribution in [2.45, 2.75) is 51.8 Å². The average molecular weight is 435 g/mol. The Labute approximate surface area is 191 Å². The zero-order chi connectivity index (χ0) is 22.2. The standard InChI is InChI=1S/C26H34N4O2/c1-2-27-26(29-16-13-24(14-17-29)32-23-10-4-3-5-11-23)28-19-21-8-6-9-22(18-21)20-30-15-7-12-25(30)31/h3-6,8-11,18,24H,2,7,12-17,19-20H2,1H3,(H,27,28). The van der Waals surface area contributed by atoms with Crippen LogP contribution in [-0.2, 0) is 17.9 Å². The third-order valence-electron chi connectivity index (χ3n) is 6.07. The largest absolute Gasteiger partial charge is 0.490 e. The first-order chi connectivity index (χ1) is 15.7. The lowest BCUT2D eigenvalue weighted by Crippen LogP contribution is -2.47. The lowest BCUT2D eigenvalue weighted by molar-refractivity contribution is -0.128. The van der Waals surface area contributed by atoms with Gasteiger partial charge in [-0.25, -0.2) is 4.99 Å². The summed E-state index contributed by atoms with van der Waals surface area (Å²) in [6.07, 6.45) is 3.88. The van der Waals surface area contributed by atoms with E-state index in [4.69, 9.17) is 9.73 Å². The van der Waals surface area contributed by atoms with E-state index in [1.807, 2.05) is 35.2 Å². The predicted molar refractivity (Wildman–Crippen MR) is 128 cm³/mol. The minimum Gasteiger partial charge on any atom is -0.490 e. The summed E-state index contributed by atoms with van der Waals surface area (Å²) in [5, 5.41) is 3.45. The van der Waals surface area contributed by atoms with Crippen LogP contribution in [0, 0.1) is 0 Å². The Hall–Kier alpha value is -3.02. The highest BCUT2D eigenvalue weighted by atomic mass is 16.5. The Kier molecular flexibility index (Phi) is 7.64. The van der Waals surface area contributed by atoms with Crippen LogP contribution >= 0.6 is 0 Å². The van der Waals surface area contributed by atoms with E-state index >= 15 is 0 Å². The minimum absolute atomic E-state index is 0.251. The predicted octanol–water partition coefficient (Wildman–Crippen LogP) is 3.82. The van der Waals surface area contributed by atoms with Crippen molar-refractivity contribution in [3.05, 3.63) is 65.7 Å². The summed E-state index contributed by atoms with van der Waals surface area (Å²) >= 11 is 0. The molecule has 2 heterocycles. The molecular weight excluding hydrogens is 400 g/mol. The van der Waals surface area contributed by atoms with Crippen LogP contribution in [0.25, 0.3) is 0 Å². The molecule has 0 aliphatic carbocycles. The van der Waals surface area contributed by atoms with E-state index in [0.29, 0.717) is 19.5 Å². The lowest BCUT2D eigenvalue weighted by atomic mass is 10.1. The van der Waals surface area contributed by atoms with Gasteiger partial charge in [-0.05, 0) is 36.6 Å². The third-order valence-corrected chi connectivity index (χ3v) is 6.07. The van der Waals surface area contributed by atoms with Crippen LogP contribution in [0.4, 0.5) is 0 Å². The van der Waals surface area contributed by atoms with E-state index < -0.39 is 0 Å². The second-order valence-corrected chi connectivity index (χ2v) is 8.53. The number of likely N-dealkylation sites (tertiary alicyclic amines) is 2. The molecule has 2 saturated heterocycles. The van der Waals surface area contributed by atoms with Gasteiger partial charge in [-0.3, -0.25) is 4.79 Å². The zero-order valence-corrected chi connectivity index (χ0v) is 19.0. The lowest BCUT2D eigenvalue weighted by Gasteiger charge is -2.34. The molecule has 2 aromatic carbocycles. The molecule has 2 aliphatic rings. The molecule has 170 valence electrons. The summed E-state index contributed by atoms with van der Waals surface area (Å²) in [4.78, 5) is 21.1. The highest BCUT2D eigenvalue weighted by Gasteiger charge is 2.23. The fourth-order valence-corrected chi connectivity index (χ4v) is 4.39. The molecule has 0 saturated carbocycles. The number of ether oxygens (including phenoxy) is 1. The normalized spacial score (nSPS) is 17.7. The number of amides is 1. The summed E-state index contributed by atoms with van der Waals surface area (Å²) in [5.74, 6) is 2.18. The second kappa shape index (κ2) is 11.0. The van der Waals surface area contributed by atoms with Crippen LogP contribution in [0.15, 0.2) is 59.6 Å². The number of piperidine rings is 1. The highest BCUT2D eigenvalue weighted by molar-refractivity contribution is 5.80. The Morgan fingerprint density at radius 2 is 1.84 bits per heavy atom. The van der Waals surface area contributed by atoms with E-state index in [-0.39, 0.29) is 12.0 Å². The van der Waals surface area contributed by atoms with E-state index in [0.717, 1.165) is 57.2 Å². The van der Waals surface area contributed by atoms with Crippen LogP contribution in [-0.4, -0.2) is 53.9 Å². The molecule has 1 N–H and O–H groups in total. The number of nitrogens with zero attached hydrogens (tertiary/aromatic N) is 3. The average Bonchev–Trinajstić information content (AvgIpc) is 3.22. The molecular formula is C26H34N4O2. The monoisotopic (exact) mass is 434 g/mol. The van der Waals surface area contributed by atoms with Gasteiger partial charge in [-0.15, -0.1) is 0 Å². The highest BCUT2D eigenvalue weighted by Crippen LogP contribution is 2.19. The SMILES string of the molecule is CCNC(=NCc1cccc(CN2CCCC2=O)c1)N1CCC(Oc2ccccc2)CC1. The van der Waals surface area contributed by atoms with E-state index in [9.17, 15) is 4.79 Å². The van der Waals surface area contributed by atoms with E-state index in [2.05, 4.69) is 41.4 Å². The zero-order valence-electron chi connectivity index (χ0n) is 19.0. The number of guanidine groups is 1. The van der Waals surface area contributed by atoms with Gasteiger partial charge in [0.25, 0.3) is 0 Å². The van der Waals surface area contributed by atoms with Gasteiger partial charge in [-0.2, -0.15) is 0 Å². The van der Waals surface area contributed by atoms with Crippen LogP contribution in [0.1, 0.15) is 43.7 Å². The van der Waals surface area contributed by atoms with Crippen molar-refractivity contribution in [1.82, 2.24) is 15.1 Å². The number of para-hydroxylation sites is 1. The molecule has 0 bridgehead atoms. The van der Waals surface area contributed by atoms with Gasteiger partial charge in [0.2, 0.25) is 5.91 Å². The number of rotatable bonds is 7. The number of carbonyl (C=O) groups excluding carboxylic acids is 1. The summed E-state index contributed by atoms with van der Waals surface area (Å²) in [7, 11) is 0. The molecule has 0 radical (unpaired) electrons. The molecule has 0 atom stereocenters. The number of carbonyl (C=O) groups is 1. The van der Waals surface area contributed by atoms with Crippen molar-refractivity contribution >= 4 is 11.9 Å². The van der Waals surface area contributed by atoms with Gasteiger partial charge in [0.05, 0.1) is 6.54 Å². The third kappa shape index (κ3) is 6.02. The van der Waals surface area contributed by atoms with Gasteiger partial charge in [0.1, 0.15) is 11.9 Å². The maximum Gasteiger partial charge on any atom is 0.222 e. The quantitative estimate of drug-likeness (QED) is 0.532. The van der Waals surface area contributed by atoms with Crippen molar-refractivity contribution in [2.24, 2.45) is 4.99 Å². The van der Waals surface area contributed by atoms with Gasteiger partial charge in [-0.1, -0.05) is 42.5 Å². The van der Waals surface area contributed by atoms with E-state index in [1.54, 1.807) is 0 Å². The fourth-order valence-electron chi connectivity index (χ4n) is 4.39. The van der Waals surface area contributed by atoms with Gasteiger partial charge >= 0.3 is 0 Å². The van der Waals surface area contributed by atoms with Crippen LogP contribution in [0.3, 0.4) is 0 Å². The molecule has 6 nitrogen and oxygen atoms in total. The summed E-state index contributed by atoms with van der Waals surface area (Å²) in [6, 6.07) is 18.5. The Morgan fingerprint density at radius 1 is 1.06 bits per heavy atom. The Morgan fingerprint density at radius 3 is 2.56 bits per heavy atom. The van der Waals surface area contributed by atoms with Crippen molar-refractivity contribution < 1.29 is 9.53 Å². The maximum atomic E-state index is 11.9. The first-order valence-corrected chi connectivity index (χ1v) is 11.8. The molecule has 0 spiro atoms. The summed E-state index contributed by atoms with van der Waals surface area (Å²) < 4.78 is 6.13. The number of aliphatic imine (C=N–C) groups is 1. The van der Waals surface area contributed by atoms with Crippen molar-refractivity contribution in [3.8, 4) is 5.75 Å². The molecule has 2 fully saturated rings. The van der Waals surface area contributed by atoms with Crippen LogP contribution in [0.2, 0.25) is 0 Å². The van der Waals surface area contributed by atoms with Crippen molar-refractivity contribution in [3.63, 3.8) is 0 Å². The second-order valence-electron chi connectivity index (χ2n) is 8.53. The van der Waals surface area contributed by atoms with Gasteiger partial charge in [0, 0.05) is 52.0 Å².